The van der Waals surface area contributed by atoms with Crippen molar-refractivity contribution in [1.82, 2.24) is 9.80 Å². The van der Waals surface area contributed by atoms with Crippen LogP contribution in [0.5, 0.6) is 0 Å². The van der Waals surface area contributed by atoms with E-state index in [1.54, 1.807) is 17.0 Å². The molecule has 132 valence electrons. The molecule has 2 amide bonds. The van der Waals surface area contributed by atoms with Gasteiger partial charge in [-0.1, -0.05) is 11.6 Å². The summed E-state index contributed by atoms with van der Waals surface area (Å²) < 4.78 is 23.2. The lowest BCUT2D eigenvalue weighted by molar-refractivity contribution is 0.121. The molecule has 1 unspecified atom stereocenters. The summed E-state index contributed by atoms with van der Waals surface area (Å²) >= 11 is 5.93. The Morgan fingerprint density at radius 3 is 2.54 bits per heavy atom. The molecule has 1 aromatic rings. The van der Waals surface area contributed by atoms with Crippen molar-refractivity contribution in [3.05, 3.63) is 28.8 Å². The van der Waals surface area contributed by atoms with Gasteiger partial charge in [-0.3, -0.25) is 4.90 Å². The molecule has 1 atom stereocenters. The summed E-state index contributed by atoms with van der Waals surface area (Å²) in [5, 5.41) is 3.56. The Bertz CT molecular complexity index is 730. The van der Waals surface area contributed by atoms with Crippen LogP contribution in [0, 0.1) is 6.92 Å². The van der Waals surface area contributed by atoms with Crippen molar-refractivity contribution >= 4 is 33.2 Å². The standard InChI is InChI=1S/C16H22ClN3O3S/c1-12-10-13(17)2-3-15(12)18-16(21)20-7-5-19(6-8-20)14-4-9-24(22,23)11-14/h2-3,10,14H,4-9,11H2,1H3,(H,18,21). The molecular formula is C16H22ClN3O3S. The quantitative estimate of drug-likeness (QED) is 0.863. The molecule has 0 radical (unpaired) electrons. The van der Waals surface area contributed by atoms with Crippen LogP contribution in [0.1, 0.15) is 12.0 Å². The highest BCUT2D eigenvalue weighted by molar-refractivity contribution is 7.91. The first kappa shape index (κ1) is 17.5. The lowest BCUT2D eigenvalue weighted by Crippen LogP contribution is -2.53. The Balaban J connectivity index is 1.53. The van der Waals surface area contributed by atoms with E-state index in [1.165, 1.54) is 0 Å². The second-order valence-electron chi connectivity index (χ2n) is 6.47. The summed E-state index contributed by atoms with van der Waals surface area (Å²) in [5.41, 5.74) is 1.68. The average molecular weight is 372 g/mol. The van der Waals surface area contributed by atoms with E-state index in [1.807, 2.05) is 13.0 Å². The zero-order valence-electron chi connectivity index (χ0n) is 13.7. The fourth-order valence-electron chi connectivity index (χ4n) is 3.32. The molecule has 2 aliphatic heterocycles. The van der Waals surface area contributed by atoms with Crippen LogP contribution in [0.3, 0.4) is 0 Å². The van der Waals surface area contributed by atoms with Crippen molar-refractivity contribution in [2.75, 3.05) is 43.0 Å². The van der Waals surface area contributed by atoms with Crippen molar-refractivity contribution in [3.8, 4) is 0 Å². The SMILES string of the molecule is Cc1cc(Cl)ccc1NC(=O)N1CCN(C2CCS(=O)(=O)C2)CC1. The van der Waals surface area contributed by atoms with Gasteiger partial charge in [-0.2, -0.15) is 0 Å². The Labute approximate surface area is 147 Å². The summed E-state index contributed by atoms with van der Waals surface area (Å²) in [6.45, 7) is 4.55. The first-order valence-corrected chi connectivity index (χ1v) is 10.3. The predicted molar refractivity (Wildman–Crippen MR) is 95.4 cm³/mol. The molecule has 1 N–H and O–H groups in total. The van der Waals surface area contributed by atoms with Crippen LogP contribution in [-0.4, -0.2) is 68.0 Å². The van der Waals surface area contributed by atoms with Gasteiger partial charge in [0, 0.05) is 42.9 Å². The molecule has 8 heteroatoms. The van der Waals surface area contributed by atoms with E-state index in [0.717, 1.165) is 11.3 Å². The molecule has 0 saturated carbocycles. The Hall–Kier alpha value is -1.31. The molecule has 0 aliphatic carbocycles. The fraction of sp³-hybridized carbons (Fsp3) is 0.562. The van der Waals surface area contributed by atoms with E-state index in [-0.39, 0.29) is 23.6 Å². The molecule has 2 saturated heterocycles. The second-order valence-corrected chi connectivity index (χ2v) is 9.13. The van der Waals surface area contributed by atoms with E-state index < -0.39 is 9.84 Å². The lowest BCUT2D eigenvalue weighted by atomic mass is 10.2. The molecule has 24 heavy (non-hydrogen) atoms. The van der Waals surface area contributed by atoms with Crippen LogP contribution in [0.25, 0.3) is 0 Å². The molecule has 2 fully saturated rings. The number of aryl methyl sites for hydroxylation is 1. The van der Waals surface area contributed by atoms with Crippen LogP contribution >= 0.6 is 11.6 Å². The number of urea groups is 1. The third-order valence-corrected chi connectivity index (χ3v) is 6.74. The topological polar surface area (TPSA) is 69.7 Å². The summed E-state index contributed by atoms with van der Waals surface area (Å²) in [7, 11) is -2.87. The largest absolute Gasteiger partial charge is 0.322 e. The number of carbonyl (C=O) groups excluding carboxylic acids is 1. The number of nitrogens with one attached hydrogen (secondary N) is 1. The third kappa shape index (κ3) is 4.02. The lowest BCUT2D eigenvalue weighted by Gasteiger charge is -2.37. The highest BCUT2D eigenvalue weighted by Crippen LogP contribution is 2.21. The van der Waals surface area contributed by atoms with Gasteiger partial charge in [0.15, 0.2) is 9.84 Å². The Morgan fingerprint density at radius 1 is 1.25 bits per heavy atom. The van der Waals surface area contributed by atoms with Crippen molar-refractivity contribution < 1.29 is 13.2 Å². The van der Waals surface area contributed by atoms with Gasteiger partial charge in [-0.25, -0.2) is 13.2 Å². The smallest absolute Gasteiger partial charge is 0.321 e. The van der Waals surface area contributed by atoms with E-state index >= 15 is 0 Å². The van der Waals surface area contributed by atoms with E-state index in [0.29, 0.717) is 37.6 Å². The first-order chi connectivity index (χ1) is 11.3. The summed E-state index contributed by atoms with van der Waals surface area (Å²) in [6.07, 6.45) is 0.707. The minimum absolute atomic E-state index is 0.110. The van der Waals surface area contributed by atoms with Gasteiger partial charge in [0.1, 0.15) is 0 Å². The van der Waals surface area contributed by atoms with Crippen molar-refractivity contribution in [1.29, 1.82) is 0 Å². The van der Waals surface area contributed by atoms with Crippen molar-refractivity contribution in [2.24, 2.45) is 0 Å². The molecule has 2 aliphatic rings. The highest BCUT2D eigenvalue weighted by Gasteiger charge is 2.34. The van der Waals surface area contributed by atoms with Gasteiger partial charge < -0.3 is 10.2 Å². The Kier molecular flexibility index (Phi) is 5.03. The maximum Gasteiger partial charge on any atom is 0.321 e. The first-order valence-electron chi connectivity index (χ1n) is 8.11. The van der Waals surface area contributed by atoms with Crippen LogP contribution in [0.2, 0.25) is 5.02 Å². The zero-order valence-corrected chi connectivity index (χ0v) is 15.2. The maximum absolute atomic E-state index is 12.4. The number of nitrogens with zero attached hydrogens (tertiary/aromatic N) is 2. The van der Waals surface area contributed by atoms with Gasteiger partial charge in [0.25, 0.3) is 0 Å². The van der Waals surface area contributed by atoms with Gasteiger partial charge in [-0.15, -0.1) is 0 Å². The van der Waals surface area contributed by atoms with Gasteiger partial charge in [0.05, 0.1) is 11.5 Å². The second kappa shape index (κ2) is 6.90. The van der Waals surface area contributed by atoms with Crippen LogP contribution in [0.15, 0.2) is 18.2 Å². The van der Waals surface area contributed by atoms with Crippen molar-refractivity contribution in [2.45, 2.75) is 19.4 Å². The van der Waals surface area contributed by atoms with E-state index in [9.17, 15) is 13.2 Å². The number of sulfone groups is 1. The third-order valence-electron chi connectivity index (χ3n) is 4.76. The maximum atomic E-state index is 12.4. The number of piperazine rings is 1. The number of rotatable bonds is 2. The number of benzene rings is 1. The van der Waals surface area contributed by atoms with Gasteiger partial charge >= 0.3 is 6.03 Å². The molecule has 6 nitrogen and oxygen atoms in total. The van der Waals surface area contributed by atoms with Crippen LogP contribution in [-0.2, 0) is 9.84 Å². The monoisotopic (exact) mass is 371 g/mol. The minimum Gasteiger partial charge on any atom is -0.322 e. The molecular weight excluding hydrogens is 350 g/mol. The molecule has 0 aromatic heterocycles. The number of hydrogen-bond donors (Lipinski definition) is 1. The molecule has 3 rings (SSSR count). The van der Waals surface area contributed by atoms with Crippen LogP contribution < -0.4 is 5.32 Å². The molecule has 0 spiro atoms. The molecule has 2 heterocycles. The summed E-state index contributed by atoms with van der Waals surface area (Å²) in [4.78, 5) is 16.4. The average Bonchev–Trinajstić information content (AvgIpc) is 2.90. The van der Waals surface area contributed by atoms with E-state index in [2.05, 4.69) is 10.2 Å². The normalized spacial score (nSPS) is 24.1. The number of halogens is 1. The summed E-state index contributed by atoms with van der Waals surface area (Å²) in [5.74, 6) is 0.539. The number of anilines is 1. The van der Waals surface area contributed by atoms with Gasteiger partial charge in [-0.05, 0) is 37.1 Å². The summed E-state index contributed by atoms with van der Waals surface area (Å²) in [6, 6.07) is 5.35. The number of carbonyl (C=O) groups is 1. The number of amides is 2. The zero-order chi connectivity index (χ0) is 17.3. The predicted octanol–water partition coefficient (Wildman–Crippen LogP) is 1.99. The minimum atomic E-state index is -2.87. The molecule has 0 bridgehead atoms. The highest BCUT2D eigenvalue weighted by atomic mass is 35.5. The van der Waals surface area contributed by atoms with Crippen molar-refractivity contribution in [3.63, 3.8) is 0 Å². The van der Waals surface area contributed by atoms with E-state index in [4.69, 9.17) is 11.6 Å². The number of hydrogen-bond acceptors (Lipinski definition) is 4. The fourth-order valence-corrected chi connectivity index (χ4v) is 5.30. The Morgan fingerprint density at radius 2 is 1.96 bits per heavy atom. The van der Waals surface area contributed by atoms with Gasteiger partial charge in [0.2, 0.25) is 0 Å². The molecule has 1 aromatic carbocycles. The van der Waals surface area contributed by atoms with Crippen LogP contribution in [0.4, 0.5) is 10.5 Å².